The van der Waals surface area contributed by atoms with Gasteiger partial charge in [-0.15, -0.1) is 5.10 Å². The molecule has 4 heterocycles. The number of halogens is 1. The van der Waals surface area contributed by atoms with Gasteiger partial charge in [0.25, 0.3) is 0 Å². The summed E-state index contributed by atoms with van der Waals surface area (Å²) in [7, 11) is 5.86. The zero-order chi connectivity index (χ0) is 56.3. The Kier molecular flexibility index (Phi) is 21.5. The molecule has 75 heavy (non-hydrogen) atoms. The molecule has 1 aromatic heterocycles. The number of hydrogen-bond donors (Lipinski definition) is 5. The van der Waals surface area contributed by atoms with Gasteiger partial charge in [0.1, 0.15) is 48.8 Å². The SMILES string of the molecule is CC[C@H]1OC(=O)[C@H](C)[C@@H](C2C[C@@](C)(OC)[C@@H](O)[C@H](C)O2)[C@H](C)[C@@H](O[C@@H]2O[C@H](C)C[C@H](N(C)CCc3cn([C@H](CF)[C@H](OC)c4ccc(S(=O)(=O)N(C)C)cc4)nn3)[C@H]2O)[C@](C)(O)C[C@@H](C)CN(C)[C@H](C)[C@@H](O)[C@]1(C)O. The largest absolute Gasteiger partial charge is 0.459 e. The first-order chi connectivity index (χ1) is 34.9. The lowest BCUT2D eigenvalue weighted by Gasteiger charge is -2.51. The summed E-state index contributed by atoms with van der Waals surface area (Å²) in [6.45, 7) is 17.6. The van der Waals surface area contributed by atoms with Crippen molar-refractivity contribution < 1.29 is 71.6 Å². The molecule has 3 aliphatic heterocycles. The van der Waals surface area contributed by atoms with Gasteiger partial charge < -0.3 is 63.8 Å². The average molecular weight is 1090 g/mol. The Bertz CT molecular complexity index is 2240. The fourth-order valence-electron chi connectivity index (χ4n) is 12.1. The van der Waals surface area contributed by atoms with E-state index >= 15 is 0 Å². The third-order valence-corrected chi connectivity index (χ3v) is 18.7. The minimum Gasteiger partial charge on any atom is -0.459 e. The number of carbonyl (C=O) groups is 1. The maximum atomic E-state index is 14.9. The summed E-state index contributed by atoms with van der Waals surface area (Å²) in [6, 6.07) is 4.08. The highest BCUT2D eigenvalue weighted by atomic mass is 32.2. The molecule has 3 fully saturated rings. The van der Waals surface area contributed by atoms with E-state index in [4.69, 9.17) is 28.4 Å². The second kappa shape index (κ2) is 25.5. The maximum Gasteiger partial charge on any atom is 0.309 e. The number of benzene rings is 1. The third kappa shape index (κ3) is 14.0. The molecule has 5 rings (SSSR count). The number of aromatic nitrogens is 3. The molecule has 0 amide bonds. The molecule has 2 aromatic rings. The van der Waals surface area contributed by atoms with E-state index in [0.717, 1.165) is 4.31 Å². The molecule has 3 saturated heterocycles. The predicted molar refractivity (Wildman–Crippen MR) is 278 cm³/mol. The van der Waals surface area contributed by atoms with Crippen LogP contribution in [-0.4, -0.2) is 215 Å². The van der Waals surface area contributed by atoms with E-state index in [9.17, 15) is 43.1 Å². The second-order valence-corrected chi connectivity index (χ2v) is 25.1. The number of carbonyl (C=O) groups excluding carboxylic acids is 1. The molecule has 0 saturated carbocycles. The highest BCUT2D eigenvalue weighted by Gasteiger charge is 2.55. The van der Waals surface area contributed by atoms with E-state index in [-0.39, 0.29) is 30.1 Å². The number of hydrogen-bond acceptors (Lipinski definition) is 18. The number of sulfonamides is 1. The number of nitrogens with zero attached hydrogens (tertiary/aromatic N) is 6. The molecule has 0 radical (unpaired) electrons. The molecule has 22 heteroatoms. The van der Waals surface area contributed by atoms with Crippen LogP contribution in [0.25, 0.3) is 0 Å². The van der Waals surface area contributed by atoms with E-state index < -0.39 is 137 Å². The molecule has 430 valence electrons. The van der Waals surface area contributed by atoms with Gasteiger partial charge in [0.15, 0.2) is 6.29 Å². The van der Waals surface area contributed by atoms with Gasteiger partial charge in [-0.1, -0.05) is 45.0 Å². The zero-order valence-electron chi connectivity index (χ0n) is 47.2. The minimum atomic E-state index is -3.68. The van der Waals surface area contributed by atoms with Crippen LogP contribution in [0.2, 0.25) is 0 Å². The van der Waals surface area contributed by atoms with E-state index in [1.165, 1.54) is 52.1 Å². The Morgan fingerprint density at radius 2 is 1.60 bits per heavy atom. The third-order valence-electron chi connectivity index (χ3n) is 16.8. The summed E-state index contributed by atoms with van der Waals surface area (Å²) in [5.74, 6) is -3.34. The number of esters is 1. The van der Waals surface area contributed by atoms with Crippen LogP contribution in [0.1, 0.15) is 118 Å². The van der Waals surface area contributed by atoms with E-state index in [1.807, 2.05) is 44.7 Å². The van der Waals surface area contributed by atoms with E-state index in [0.29, 0.717) is 37.2 Å². The molecular formula is C53H91FN6O14S. The maximum absolute atomic E-state index is 14.9. The lowest BCUT2D eigenvalue weighted by Crippen LogP contribution is -2.62. The Labute approximate surface area is 445 Å². The number of cyclic esters (lactones) is 1. The van der Waals surface area contributed by atoms with Crippen LogP contribution in [-0.2, 0) is 49.7 Å². The smallest absolute Gasteiger partial charge is 0.309 e. The monoisotopic (exact) mass is 1090 g/mol. The van der Waals surface area contributed by atoms with Gasteiger partial charge >= 0.3 is 5.97 Å². The first kappa shape index (κ1) is 63.0. The van der Waals surface area contributed by atoms with E-state index in [2.05, 4.69) is 10.3 Å². The van der Waals surface area contributed by atoms with Gasteiger partial charge in [0, 0.05) is 78.4 Å². The van der Waals surface area contributed by atoms with Crippen LogP contribution in [0.3, 0.4) is 0 Å². The topological polar surface area (TPSA) is 248 Å². The first-order valence-corrected chi connectivity index (χ1v) is 28.0. The number of aliphatic hydroxyl groups excluding tert-OH is 3. The minimum absolute atomic E-state index is 0.0901. The summed E-state index contributed by atoms with van der Waals surface area (Å²) >= 11 is 0. The van der Waals surface area contributed by atoms with Crippen molar-refractivity contribution in [2.24, 2.45) is 23.7 Å². The van der Waals surface area contributed by atoms with Crippen LogP contribution in [0.5, 0.6) is 0 Å². The fourth-order valence-corrected chi connectivity index (χ4v) is 13.0. The van der Waals surface area contributed by atoms with Gasteiger partial charge in [0.2, 0.25) is 10.0 Å². The zero-order valence-corrected chi connectivity index (χ0v) is 48.1. The number of rotatable bonds is 16. The quantitative estimate of drug-likeness (QED) is 0.151. The Morgan fingerprint density at radius 1 is 0.960 bits per heavy atom. The van der Waals surface area contributed by atoms with Gasteiger partial charge in [-0.3, -0.25) is 4.79 Å². The summed E-state index contributed by atoms with van der Waals surface area (Å²) in [6.07, 6.45) is -6.80. The number of aliphatic hydroxyl groups is 5. The van der Waals surface area contributed by atoms with Crippen molar-refractivity contribution in [1.82, 2.24) is 29.1 Å². The highest BCUT2D eigenvalue weighted by Crippen LogP contribution is 2.45. The molecule has 5 N–H and O–H groups in total. The van der Waals surface area contributed by atoms with Crippen LogP contribution in [0.4, 0.5) is 4.39 Å². The molecule has 0 bridgehead atoms. The van der Waals surface area contributed by atoms with Crippen LogP contribution in [0.15, 0.2) is 35.4 Å². The predicted octanol–water partition coefficient (Wildman–Crippen LogP) is 3.53. The summed E-state index contributed by atoms with van der Waals surface area (Å²) in [5, 5.41) is 68.8. The Hall–Kier alpha value is -2.81. The Morgan fingerprint density at radius 3 is 2.17 bits per heavy atom. The average Bonchev–Trinajstić information content (AvgIpc) is 3.82. The molecule has 20 atom stereocenters. The van der Waals surface area contributed by atoms with Crippen molar-refractivity contribution in [3.05, 3.63) is 41.7 Å². The molecular weight excluding hydrogens is 996 g/mol. The second-order valence-electron chi connectivity index (χ2n) is 22.9. The number of ether oxygens (including phenoxy) is 6. The van der Waals surface area contributed by atoms with Gasteiger partial charge in [-0.05, 0) is 104 Å². The van der Waals surface area contributed by atoms with Gasteiger partial charge in [-0.25, -0.2) is 21.8 Å². The van der Waals surface area contributed by atoms with Crippen molar-refractivity contribution >= 4 is 16.0 Å². The summed E-state index contributed by atoms with van der Waals surface area (Å²) in [5.41, 5.74) is -3.46. The summed E-state index contributed by atoms with van der Waals surface area (Å²) in [4.78, 5) is 18.6. The molecule has 1 aromatic carbocycles. The fraction of sp³-hybridized carbons (Fsp3) is 0.830. The van der Waals surface area contributed by atoms with Crippen LogP contribution < -0.4 is 0 Å². The first-order valence-electron chi connectivity index (χ1n) is 26.5. The van der Waals surface area contributed by atoms with Gasteiger partial charge in [0.05, 0.1) is 52.1 Å². The van der Waals surface area contributed by atoms with Crippen LogP contribution in [0, 0.1) is 23.7 Å². The lowest BCUT2D eigenvalue weighted by atomic mass is 9.68. The molecule has 20 nitrogen and oxygen atoms in total. The number of likely N-dealkylation sites (N-methyl/N-ethyl adjacent to an activating group) is 2. The molecule has 0 spiro atoms. The highest BCUT2D eigenvalue weighted by molar-refractivity contribution is 7.89. The Balaban J connectivity index is 1.44. The van der Waals surface area contributed by atoms with Crippen molar-refractivity contribution in [3.63, 3.8) is 0 Å². The van der Waals surface area contributed by atoms with Crippen LogP contribution >= 0.6 is 0 Å². The number of alkyl halides is 1. The molecule has 3 aliphatic rings. The summed E-state index contributed by atoms with van der Waals surface area (Å²) < 4.78 is 80.6. The van der Waals surface area contributed by atoms with E-state index in [1.54, 1.807) is 59.9 Å². The van der Waals surface area contributed by atoms with Gasteiger partial charge in [-0.2, -0.15) is 0 Å². The van der Waals surface area contributed by atoms with Crippen molar-refractivity contribution in [1.29, 1.82) is 0 Å². The molecule has 0 aliphatic carbocycles. The molecule has 1 unspecified atom stereocenters. The lowest BCUT2D eigenvalue weighted by molar-refractivity contribution is -0.302. The standard InChI is InChI=1S/C53H91FN6O14S/c1-17-42-53(10,66)46(62)34(6)59(14)28-30(2)25-51(8,65)48(32(4)43(33(5)49(64)73-42)41-26-52(9,70-16)47(63)35(7)72-41)74-50-44(61)39(24-31(3)71-50)58(13)23-22-37-29-60(56-55-37)40(27-54)45(69-15)36-18-20-38(21-19-36)75(67,68)57(11)12/h18-21,29-35,39-48,50,61-63,65-66H,17,22-28H2,1-16H3/t30-,31-,32+,33-,34-,35+,39+,40-,41?,42-,43+,44-,45-,46-,47+,48-,50+,51-,52-,53-/m1/s1. The number of methoxy groups -OCH3 is 2. The van der Waals surface area contributed by atoms with Crippen molar-refractivity contribution in [3.8, 4) is 0 Å². The van der Waals surface area contributed by atoms with Crippen molar-refractivity contribution in [2.75, 3.05) is 62.2 Å². The van der Waals surface area contributed by atoms with Crippen molar-refractivity contribution in [2.45, 2.75) is 202 Å². The normalized spacial score (nSPS) is 39.2.